The number of hydrogen-bond acceptors (Lipinski definition) is 3. The lowest BCUT2D eigenvalue weighted by atomic mass is 9.98. The SMILES string of the molecule is C[C@H](N)c1cc(Cl)ccc1OCC1CCC2(CCCC2)O1. The summed E-state index contributed by atoms with van der Waals surface area (Å²) in [6.45, 7) is 2.54. The Hall–Kier alpha value is -0.770. The maximum atomic E-state index is 6.27. The fourth-order valence-corrected chi connectivity index (χ4v) is 3.77. The minimum Gasteiger partial charge on any atom is -0.491 e. The van der Waals surface area contributed by atoms with Gasteiger partial charge in [0.25, 0.3) is 0 Å². The Labute approximate surface area is 131 Å². The Kier molecular flexibility index (Phi) is 4.43. The molecule has 1 aromatic rings. The fourth-order valence-electron chi connectivity index (χ4n) is 3.59. The summed E-state index contributed by atoms with van der Waals surface area (Å²) in [5.41, 5.74) is 7.11. The second-order valence-corrected chi connectivity index (χ2v) is 6.89. The van der Waals surface area contributed by atoms with Crippen LogP contribution in [0.3, 0.4) is 0 Å². The van der Waals surface area contributed by atoms with Crippen molar-refractivity contribution in [2.24, 2.45) is 5.73 Å². The van der Waals surface area contributed by atoms with Gasteiger partial charge in [0.15, 0.2) is 0 Å². The normalized spacial score (nSPS) is 25.4. The second kappa shape index (κ2) is 6.15. The van der Waals surface area contributed by atoms with Crippen molar-refractivity contribution in [1.29, 1.82) is 0 Å². The lowest BCUT2D eigenvalue weighted by Crippen LogP contribution is -2.27. The molecule has 21 heavy (non-hydrogen) atoms. The lowest BCUT2D eigenvalue weighted by molar-refractivity contribution is -0.0509. The number of rotatable bonds is 4. The molecule has 1 saturated heterocycles. The Balaban J connectivity index is 1.61. The average molecular weight is 310 g/mol. The molecule has 0 radical (unpaired) electrons. The van der Waals surface area contributed by atoms with Crippen LogP contribution in [0.4, 0.5) is 0 Å². The number of halogens is 1. The highest BCUT2D eigenvalue weighted by molar-refractivity contribution is 6.30. The highest BCUT2D eigenvalue weighted by Gasteiger charge is 2.42. The molecule has 2 fully saturated rings. The van der Waals surface area contributed by atoms with Crippen molar-refractivity contribution < 1.29 is 9.47 Å². The molecule has 1 unspecified atom stereocenters. The summed E-state index contributed by atoms with van der Waals surface area (Å²) >= 11 is 6.03. The third-order valence-electron chi connectivity index (χ3n) is 4.74. The van der Waals surface area contributed by atoms with Crippen LogP contribution >= 0.6 is 11.6 Å². The molecule has 116 valence electrons. The smallest absolute Gasteiger partial charge is 0.124 e. The van der Waals surface area contributed by atoms with E-state index in [-0.39, 0.29) is 17.7 Å². The molecule has 4 heteroatoms. The first-order chi connectivity index (χ1) is 10.1. The van der Waals surface area contributed by atoms with Crippen LogP contribution in [0.1, 0.15) is 57.1 Å². The van der Waals surface area contributed by atoms with Crippen molar-refractivity contribution in [3.63, 3.8) is 0 Å². The maximum absolute atomic E-state index is 6.27. The van der Waals surface area contributed by atoms with Crippen LogP contribution < -0.4 is 10.5 Å². The maximum Gasteiger partial charge on any atom is 0.124 e. The summed E-state index contributed by atoms with van der Waals surface area (Å²) in [6.07, 6.45) is 7.53. The molecule has 0 aromatic heterocycles. The number of benzene rings is 1. The van der Waals surface area contributed by atoms with Gasteiger partial charge in [-0.15, -0.1) is 0 Å². The molecule has 0 amide bonds. The van der Waals surface area contributed by atoms with Crippen LogP contribution in [-0.4, -0.2) is 18.3 Å². The second-order valence-electron chi connectivity index (χ2n) is 6.45. The van der Waals surface area contributed by atoms with Crippen molar-refractivity contribution in [3.05, 3.63) is 28.8 Å². The Morgan fingerprint density at radius 1 is 1.38 bits per heavy atom. The third kappa shape index (κ3) is 3.36. The third-order valence-corrected chi connectivity index (χ3v) is 4.98. The van der Waals surface area contributed by atoms with Crippen molar-refractivity contribution in [1.82, 2.24) is 0 Å². The quantitative estimate of drug-likeness (QED) is 0.905. The molecule has 1 spiro atoms. The zero-order valence-corrected chi connectivity index (χ0v) is 13.4. The average Bonchev–Trinajstić information content (AvgIpc) is 3.08. The van der Waals surface area contributed by atoms with Crippen molar-refractivity contribution in [3.8, 4) is 5.75 Å². The molecule has 3 nitrogen and oxygen atoms in total. The van der Waals surface area contributed by atoms with E-state index in [0.717, 1.165) is 17.7 Å². The topological polar surface area (TPSA) is 44.5 Å². The molecule has 1 saturated carbocycles. The molecular weight excluding hydrogens is 286 g/mol. The summed E-state index contributed by atoms with van der Waals surface area (Å²) in [5, 5.41) is 0.691. The van der Waals surface area contributed by atoms with Crippen LogP contribution in [0, 0.1) is 0 Å². The summed E-state index contributed by atoms with van der Waals surface area (Å²) in [7, 11) is 0. The molecule has 2 N–H and O–H groups in total. The summed E-state index contributed by atoms with van der Waals surface area (Å²) in [6, 6.07) is 5.54. The first kappa shape index (κ1) is 15.1. The monoisotopic (exact) mass is 309 g/mol. The zero-order valence-electron chi connectivity index (χ0n) is 12.6. The van der Waals surface area contributed by atoms with Crippen molar-refractivity contribution in [2.75, 3.05) is 6.61 Å². The van der Waals surface area contributed by atoms with Crippen LogP contribution in [0.2, 0.25) is 5.02 Å². The van der Waals surface area contributed by atoms with Gasteiger partial charge in [-0.1, -0.05) is 24.4 Å². The molecule has 2 aliphatic rings. The van der Waals surface area contributed by atoms with E-state index < -0.39 is 0 Å². The van der Waals surface area contributed by atoms with E-state index in [1.165, 1.54) is 32.1 Å². The van der Waals surface area contributed by atoms with Gasteiger partial charge in [-0.05, 0) is 50.8 Å². The molecule has 0 bridgehead atoms. The van der Waals surface area contributed by atoms with E-state index in [1.807, 2.05) is 25.1 Å². The van der Waals surface area contributed by atoms with Crippen LogP contribution in [0.15, 0.2) is 18.2 Å². The number of ether oxygens (including phenoxy) is 2. The minimum atomic E-state index is -0.0932. The predicted octanol–water partition coefficient (Wildman–Crippen LogP) is 4.23. The van der Waals surface area contributed by atoms with Crippen molar-refractivity contribution in [2.45, 2.75) is 63.2 Å². The largest absolute Gasteiger partial charge is 0.491 e. The molecular formula is C17H24ClNO2. The Morgan fingerprint density at radius 2 is 2.14 bits per heavy atom. The Bertz CT molecular complexity index is 498. The number of nitrogens with two attached hydrogens (primary N) is 1. The molecule has 1 heterocycles. The Morgan fingerprint density at radius 3 is 2.86 bits per heavy atom. The standard InChI is InChI=1S/C17H24ClNO2/c1-12(19)15-10-13(18)4-5-16(15)20-11-14-6-9-17(21-14)7-2-3-8-17/h4-5,10,12,14H,2-3,6-9,11,19H2,1H3/t12-,14?/m0/s1. The van der Waals surface area contributed by atoms with Gasteiger partial charge in [-0.3, -0.25) is 0 Å². The zero-order chi connectivity index (χ0) is 14.9. The van der Waals surface area contributed by atoms with Crippen LogP contribution in [0.25, 0.3) is 0 Å². The van der Waals surface area contributed by atoms with Gasteiger partial charge >= 0.3 is 0 Å². The van der Waals surface area contributed by atoms with E-state index in [2.05, 4.69) is 0 Å². The number of hydrogen-bond donors (Lipinski definition) is 1. The lowest BCUT2D eigenvalue weighted by Gasteiger charge is -2.24. The van der Waals surface area contributed by atoms with Gasteiger partial charge in [-0.2, -0.15) is 0 Å². The predicted molar refractivity (Wildman–Crippen MR) is 84.9 cm³/mol. The fraction of sp³-hybridized carbons (Fsp3) is 0.647. The molecule has 1 aliphatic carbocycles. The van der Waals surface area contributed by atoms with Crippen LogP contribution in [-0.2, 0) is 4.74 Å². The minimum absolute atomic E-state index is 0.0932. The van der Waals surface area contributed by atoms with E-state index in [9.17, 15) is 0 Å². The molecule has 1 aromatic carbocycles. The van der Waals surface area contributed by atoms with Crippen LogP contribution in [0.5, 0.6) is 5.75 Å². The van der Waals surface area contributed by atoms with Gasteiger partial charge in [-0.25, -0.2) is 0 Å². The van der Waals surface area contributed by atoms with E-state index >= 15 is 0 Å². The van der Waals surface area contributed by atoms with E-state index in [1.54, 1.807) is 0 Å². The van der Waals surface area contributed by atoms with Gasteiger partial charge in [0, 0.05) is 16.6 Å². The van der Waals surface area contributed by atoms with E-state index in [4.69, 9.17) is 26.8 Å². The highest BCUT2D eigenvalue weighted by Crippen LogP contribution is 2.43. The van der Waals surface area contributed by atoms with E-state index in [0.29, 0.717) is 11.6 Å². The molecule has 2 atom stereocenters. The van der Waals surface area contributed by atoms with Gasteiger partial charge in [0.1, 0.15) is 12.4 Å². The van der Waals surface area contributed by atoms with Gasteiger partial charge in [0.2, 0.25) is 0 Å². The first-order valence-corrected chi connectivity index (χ1v) is 8.31. The molecule has 1 aliphatic heterocycles. The summed E-state index contributed by atoms with van der Waals surface area (Å²) in [5.74, 6) is 0.824. The first-order valence-electron chi connectivity index (χ1n) is 7.94. The highest BCUT2D eigenvalue weighted by atomic mass is 35.5. The van der Waals surface area contributed by atoms with Gasteiger partial charge in [0.05, 0.1) is 11.7 Å². The van der Waals surface area contributed by atoms with Gasteiger partial charge < -0.3 is 15.2 Å². The molecule has 3 rings (SSSR count). The summed E-state index contributed by atoms with van der Waals surface area (Å²) in [4.78, 5) is 0. The van der Waals surface area contributed by atoms with Crippen molar-refractivity contribution >= 4 is 11.6 Å². The summed E-state index contributed by atoms with van der Waals surface area (Å²) < 4.78 is 12.2.